The van der Waals surface area contributed by atoms with Gasteiger partial charge in [-0.1, -0.05) is 30.3 Å². The van der Waals surface area contributed by atoms with Crippen molar-refractivity contribution >= 4 is 5.97 Å². The largest absolute Gasteiger partial charge is 0.462 e. The zero-order valence-electron chi connectivity index (χ0n) is 14.0. The summed E-state index contributed by atoms with van der Waals surface area (Å²) in [6.07, 6.45) is 1.90. The standard InChI is InChI=1S/C18H26O5/c1-3-21-17(19)18(2)22-13-16(14-23-18)10-7-11-20-12-15-8-5-4-6-9-15/h4-6,8-9,16H,3,7,10-14H2,1-2H3. The van der Waals surface area contributed by atoms with Gasteiger partial charge in [0.15, 0.2) is 0 Å². The summed E-state index contributed by atoms with van der Waals surface area (Å²) in [6.45, 7) is 6.07. The number of rotatable bonds is 8. The third kappa shape index (κ3) is 5.61. The van der Waals surface area contributed by atoms with Crippen LogP contribution in [0, 0.1) is 5.92 Å². The topological polar surface area (TPSA) is 54.0 Å². The van der Waals surface area contributed by atoms with Gasteiger partial charge in [-0.2, -0.15) is 0 Å². The van der Waals surface area contributed by atoms with Gasteiger partial charge in [-0.3, -0.25) is 0 Å². The molecule has 0 amide bonds. The number of hydrogen-bond donors (Lipinski definition) is 0. The van der Waals surface area contributed by atoms with E-state index in [0.717, 1.165) is 12.8 Å². The maximum absolute atomic E-state index is 11.8. The Morgan fingerprint density at radius 3 is 2.61 bits per heavy atom. The molecule has 1 aliphatic rings. The number of hydrogen-bond acceptors (Lipinski definition) is 5. The SMILES string of the molecule is CCOC(=O)C1(C)OCC(CCCOCc2ccccc2)CO1. The Balaban J connectivity index is 1.59. The molecule has 0 radical (unpaired) electrons. The van der Waals surface area contributed by atoms with Crippen LogP contribution < -0.4 is 0 Å². The molecule has 0 unspecified atom stereocenters. The van der Waals surface area contributed by atoms with Crippen LogP contribution in [-0.2, 0) is 30.3 Å². The molecular weight excluding hydrogens is 296 g/mol. The number of esters is 1. The molecule has 1 aromatic carbocycles. The first-order valence-corrected chi connectivity index (χ1v) is 8.21. The first-order chi connectivity index (χ1) is 11.1. The van der Waals surface area contributed by atoms with Crippen molar-refractivity contribution < 1.29 is 23.7 Å². The summed E-state index contributed by atoms with van der Waals surface area (Å²) in [7, 11) is 0. The normalized spacial score (nSPS) is 24.3. The van der Waals surface area contributed by atoms with E-state index in [1.54, 1.807) is 13.8 Å². The lowest BCUT2D eigenvalue weighted by Gasteiger charge is -2.35. The fraction of sp³-hybridized carbons (Fsp3) is 0.611. The zero-order chi connectivity index (χ0) is 16.5. The van der Waals surface area contributed by atoms with Crippen LogP contribution in [0.2, 0.25) is 0 Å². The molecule has 0 N–H and O–H groups in total. The highest BCUT2D eigenvalue weighted by Crippen LogP contribution is 2.25. The van der Waals surface area contributed by atoms with Crippen molar-refractivity contribution in [2.45, 2.75) is 39.1 Å². The van der Waals surface area contributed by atoms with Crippen molar-refractivity contribution in [2.24, 2.45) is 5.92 Å². The molecule has 1 aromatic rings. The lowest BCUT2D eigenvalue weighted by molar-refractivity contribution is -0.274. The average molecular weight is 322 g/mol. The first kappa shape index (κ1) is 17.9. The highest BCUT2D eigenvalue weighted by molar-refractivity contribution is 5.77. The van der Waals surface area contributed by atoms with Crippen molar-refractivity contribution in [3.05, 3.63) is 35.9 Å². The van der Waals surface area contributed by atoms with Crippen LogP contribution in [0.1, 0.15) is 32.3 Å². The van der Waals surface area contributed by atoms with Crippen molar-refractivity contribution in [2.75, 3.05) is 26.4 Å². The Bertz CT molecular complexity index is 466. The molecule has 0 saturated carbocycles. The Labute approximate surface area is 137 Å². The summed E-state index contributed by atoms with van der Waals surface area (Å²) < 4.78 is 21.8. The third-order valence-electron chi connectivity index (χ3n) is 3.85. The van der Waals surface area contributed by atoms with Gasteiger partial charge in [-0.15, -0.1) is 0 Å². The van der Waals surface area contributed by atoms with Crippen molar-refractivity contribution in [1.82, 2.24) is 0 Å². The second-order valence-corrected chi connectivity index (χ2v) is 5.83. The minimum absolute atomic E-state index is 0.290. The lowest BCUT2D eigenvalue weighted by atomic mass is 10.0. The predicted molar refractivity (Wildman–Crippen MR) is 85.8 cm³/mol. The highest BCUT2D eigenvalue weighted by Gasteiger charge is 2.41. The Kier molecular flexibility index (Phi) is 7.02. The average Bonchev–Trinajstić information content (AvgIpc) is 2.57. The summed E-state index contributed by atoms with van der Waals surface area (Å²) in [6, 6.07) is 10.1. The van der Waals surface area contributed by atoms with E-state index >= 15 is 0 Å². The van der Waals surface area contributed by atoms with Crippen LogP contribution in [0.5, 0.6) is 0 Å². The van der Waals surface area contributed by atoms with Crippen molar-refractivity contribution in [3.63, 3.8) is 0 Å². The molecule has 1 fully saturated rings. The van der Waals surface area contributed by atoms with Crippen LogP contribution in [0.3, 0.4) is 0 Å². The van der Waals surface area contributed by atoms with Gasteiger partial charge in [-0.25, -0.2) is 4.79 Å². The van der Waals surface area contributed by atoms with E-state index < -0.39 is 11.8 Å². The summed E-state index contributed by atoms with van der Waals surface area (Å²) in [4.78, 5) is 11.8. The van der Waals surface area contributed by atoms with Crippen LogP contribution in [-0.4, -0.2) is 38.2 Å². The minimum Gasteiger partial charge on any atom is -0.462 e. The predicted octanol–water partition coefficient (Wildman–Crippen LogP) is 2.93. The van der Waals surface area contributed by atoms with Crippen LogP contribution in [0.25, 0.3) is 0 Å². The Morgan fingerprint density at radius 1 is 1.26 bits per heavy atom. The second kappa shape index (κ2) is 9.01. The first-order valence-electron chi connectivity index (χ1n) is 8.21. The van der Waals surface area contributed by atoms with E-state index in [0.29, 0.717) is 33.0 Å². The molecule has 0 atom stereocenters. The summed E-state index contributed by atoms with van der Waals surface area (Å²) >= 11 is 0. The maximum Gasteiger partial charge on any atom is 0.366 e. The molecule has 1 aliphatic heterocycles. The molecule has 0 aromatic heterocycles. The van der Waals surface area contributed by atoms with Gasteiger partial charge in [0.1, 0.15) is 0 Å². The fourth-order valence-corrected chi connectivity index (χ4v) is 2.43. The van der Waals surface area contributed by atoms with Gasteiger partial charge in [0.25, 0.3) is 5.79 Å². The molecule has 128 valence electrons. The van der Waals surface area contributed by atoms with Gasteiger partial charge in [0.05, 0.1) is 26.4 Å². The number of carbonyl (C=O) groups is 1. The van der Waals surface area contributed by atoms with Crippen LogP contribution in [0.15, 0.2) is 30.3 Å². The maximum atomic E-state index is 11.8. The smallest absolute Gasteiger partial charge is 0.366 e. The van der Waals surface area contributed by atoms with Crippen LogP contribution >= 0.6 is 0 Å². The molecule has 5 heteroatoms. The van der Waals surface area contributed by atoms with E-state index in [1.165, 1.54) is 5.56 Å². The van der Waals surface area contributed by atoms with Crippen molar-refractivity contribution in [3.8, 4) is 0 Å². The highest BCUT2D eigenvalue weighted by atomic mass is 16.7. The number of ether oxygens (including phenoxy) is 4. The Hall–Kier alpha value is -1.43. The molecular formula is C18H26O5. The third-order valence-corrected chi connectivity index (χ3v) is 3.85. The molecule has 23 heavy (non-hydrogen) atoms. The van der Waals surface area contributed by atoms with E-state index in [4.69, 9.17) is 18.9 Å². The van der Waals surface area contributed by atoms with Crippen molar-refractivity contribution in [1.29, 1.82) is 0 Å². The van der Waals surface area contributed by atoms with Crippen LogP contribution in [0.4, 0.5) is 0 Å². The van der Waals surface area contributed by atoms with E-state index in [9.17, 15) is 4.79 Å². The molecule has 5 nitrogen and oxygen atoms in total. The summed E-state index contributed by atoms with van der Waals surface area (Å²) in [5.41, 5.74) is 1.18. The van der Waals surface area contributed by atoms with E-state index in [2.05, 4.69) is 12.1 Å². The second-order valence-electron chi connectivity index (χ2n) is 5.83. The molecule has 0 aliphatic carbocycles. The molecule has 1 heterocycles. The summed E-state index contributed by atoms with van der Waals surface area (Å²) in [5, 5.41) is 0. The fourth-order valence-electron chi connectivity index (χ4n) is 2.43. The molecule has 2 rings (SSSR count). The molecule has 1 saturated heterocycles. The minimum atomic E-state index is -1.25. The Morgan fingerprint density at radius 2 is 1.96 bits per heavy atom. The van der Waals surface area contributed by atoms with Gasteiger partial charge >= 0.3 is 5.97 Å². The van der Waals surface area contributed by atoms with Gasteiger partial charge in [0, 0.05) is 19.4 Å². The summed E-state index contributed by atoms with van der Waals surface area (Å²) in [5.74, 6) is -1.42. The zero-order valence-corrected chi connectivity index (χ0v) is 14.0. The number of benzene rings is 1. The van der Waals surface area contributed by atoms with E-state index in [1.807, 2.05) is 18.2 Å². The van der Waals surface area contributed by atoms with Gasteiger partial charge in [0.2, 0.25) is 0 Å². The molecule has 0 spiro atoms. The molecule has 0 bridgehead atoms. The van der Waals surface area contributed by atoms with Gasteiger partial charge < -0.3 is 18.9 Å². The van der Waals surface area contributed by atoms with E-state index in [-0.39, 0.29) is 5.92 Å². The monoisotopic (exact) mass is 322 g/mol. The quantitative estimate of drug-likeness (QED) is 0.544. The lowest BCUT2D eigenvalue weighted by Crippen LogP contribution is -2.48. The van der Waals surface area contributed by atoms with Gasteiger partial charge in [-0.05, 0) is 25.3 Å². The number of carbonyl (C=O) groups excluding carboxylic acids is 1.